The molecule has 6 nitrogen and oxygen atoms in total. The molecule has 0 aliphatic heterocycles. The average molecular weight is 482 g/mol. The number of ether oxygens (including phenoxy) is 2. The van der Waals surface area contributed by atoms with Gasteiger partial charge in [0, 0.05) is 31.2 Å². The molecule has 1 aliphatic carbocycles. The van der Waals surface area contributed by atoms with Crippen LogP contribution in [-0.2, 0) is 27.2 Å². The molecule has 0 aromatic heterocycles. The van der Waals surface area contributed by atoms with E-state index in [0.717, 1.165) is 43.4 Å². The summed E-state index contributed by atoms with van der Waals surface area (Å²) in [5.41, 5.74) is 2.99. The Bertz CT molecular complexity index is 935. The van der Waals surface area contributed by atoms with Gasteiger partial charge in [0.15, 0.2) is 12.2 Å². The second-order valence-electron chi connectivity index (χ2n) is 9.17. The monoisotopic (exact) mass is 481 g/mol. The Morgan fingerprint density at radius 2 is 1.57 bits per heavy atom. The van der Waals surface area contributed by atoms with E-state index in [1.807, 2.05) is 48.2 Å². The zero-order valence-corrected chi connectivity index (χ0v) is 21.2. The molecule has 190 valence electrons. The summed E-state index contributed by atoms with van der Waals surface area (Å²) in [5, 5.41) is 9.35. The summed E-state index contributed by atoms with van der Waals surface area (Å²) in [5.74, 6) is -0.177. The molecule has 2 aromatic carbocycles. The number of amides is 1. The van der Waals surface area contributed by atoms with Crippen molar-refractivity contribution in [1.29, 1.82) is 0 Å². The Morgan fingerprint density at radius 3 is 2.11 bits per heavy atom. The molecule has 1 fully saturated rings. The third kappa shape index (κ3) is 7.31. The Hall–Kier alpha value is -2.86. The van der Waals surface area contributed by atoms with Crippen LogP contribution in [0.5, 0.6) is 5.75 Å². The first-order valence-electron chi connectivity index (χ1n) is 13.0. The summed E-state index contributed by atoms with van der Waals surface area (Å²) in [4.78, 5) is 27.0. The van der Waals surface area contributed by atoms with Crippen molar-refractivity contribution in [2.75, 3.05) is 18.1 Å². The highest BCUT2D eigenvalue weighted by atomic mass is 16.5. The van der Waals surface area contributed by atoms with Crippen LogP contribution in [0.2, 0.25) is 0 Å². The molecule has 0 saturated heterocycles. The Labute approximate surface area is 209 Å². The van der Waals surface area contributed by atoms with Gasteiger partial charge in [0.25, 0.3) is 5.91 Å². The fraction of sp³-hybridized carbons (Fsp3) is 0.517. The molecule has 0 bridgehead atoms. The van der Waals surface area contributed by atoms with Crippen LogP contribution in [0, 0.1) is 5.92 Å². The average Bonchev–Trinajstić information content (AvgIpc) is 2.89. The molecular formula is C29H39NO5. The lowest BCUT2D eigenvalue weighted by Crippen LogP contribution is -2.46. The molecule has 1 N–H and O–H groups in total. The fourth-order valence-corrected chi connectivity index (χ4v) is 4.80. The maximum Gasteiger partial charge on any atom is 0.333 e. The normalized spacial score (nSPS) is 15.9. The number of aliphatic carboxylic acids is 1. The number of likely N-dealkylation sites (N-methyl/N-ethyl adjacent to an activating group) is 1. The fourth-order valence-electron chi connectivity index (χ4n) is 4.80. The summed E-state index contributed by atoms with van der Waals surface area (Å²) in [6.45, 7) is 6.82. The number of benzene rings is 2. The summed E-state index contributed by atoms with van der Waals surface area (Å²) in [6.07, 6.45) is 5.21. The number of aryl methyl sites for hydroxylation is 1. The number of nitrogens with zero attached hydrogens (tertiary/aromatic N) is 1. The van der Waals surface area contributed by atoms with E-state index in [4.69, 9.17) is 9.47 Å². The molecule has 1 amide bonds. The van der Waals surface area contributed by atoms with Crippen molar-refractivity contribution < 1.29 is 24.2 Å². The minimum Gasteiger partial charge on any atom is -0.480 e. The van der Waals surface area contributed by atoms with E-state index >= 15 is 0 Å². The van der Waals surface area contributed by atoms with Gasteiger partial charge in [-0.25, -0.2) is 4.79 Å². The standard InChI is InChI=1S/C29H39NO5/c1-4-21-12-16-24(17-13-21)30(5-2)28(31)27(23-10-8-7-9-11-23)35-25-18-14-22(15-19-25)20-26(29(32)33)34-6-3/h12-19,23,26-27H,4-11,20H2,1-3H3,(H,32,33). The smallest absolute Gasteiger partial charge is 0.333 e. The Morgan fingerprint density at radius 1 is 0.943 bits per heavy atom. The third-order valence-corrected chi connectivity index (χ3v) is 6.81. The van der Waals surface area contributed by atoms with E-state index in [-0.39, 0.29) is 18.2 Å². The molecule has 6 heteroatoms. The zero-order valence-electron chi connectivity index (χ0n) is 21.2. The van der Waals surface area contributed by atoms with E-state index in [9.17, 15) is 14.7 Å². The van der Waals surface area contributed by atoms with Gasteiger partial charge >= 0.3 is 5.97 Å². The Balaban J connectivity index is 1.79. The molecule has 0 radical (unpaired) electrons. The molecule has 3 rings (SSSR count). The first-order valence-corrected chi connectivity index (χ1v) is 13.0. The highest BCUT2D eigenvalue weighted by Gasteiger charge is 2.34. The quantitative estimate of drug-likeness (QED) is 0.423. The van der Waals surface area contributed by atoms with Gasteiger partial charge in [-0.1, -0.05) is 50.5 Å². The molecule has 35 heavy (non-hydrogen) atoms. The van der Waals surface area contributed by atoms with Crippen LogP contribution >= 0.6 is 0 Å². The second-order valence-corrected chi connectivity index (χ2v) is 9.17. The molecule has 2 unspecified atom stereocenters. The van der Waals surface area contributed by atoms with Crippen LogP contribution in [0.3, 0.4) is 0 Å². The van der Waals surface area contributed by atoms with Crippen LogP contribution in [0.25, 0.3) is 0 Å². The number of carbonyl (C=O) groups excluding carboxylic acids is 1. The summed E-state index contributed by atoms with van der Waals surface area (Å²) >= 11 is 0. The predicted octanol–water partition coefficient (Wildman–Crippen LogP) is 5.66. The minimum absolute atomic E-state index is 0.00462. The van der Waals surface area contributed by atoms with E-state index in [1.54, 1.807) is 6.92 Å². The van der Waals surface area contributed by atoms with Gasteiger partial charge in [-0.3, -0.25) is 4.79 Å². The summed E-state index contributed by atoms with van der Waals surface area (Å²) in [7, 11) is 0. The maximum atomic E-state index is 13.8. The van der Waals surface area contributed by atoms with Crippen LogP contribution in [0.4, 0.5) is 5.69 Å². The van der Waals surface area contributed by atoms with Crippen LogP contribution in [-0.4, -0.2) is 42.3 Å². The number of carboxylic acids is 1. The largest absolute Gasteiger partial charge is 0.480 e. The third-order valence-electron chi connectivity index (χ3n) is 6.81. The molecule has 1 aliphatic rings. The topological polar surface area (TPSA) is 76.1 Å². The highest BCUT2D eigenvalue weighted by Crippen LogP contribution is 2.31. The Kier molecular flexibility index (Phi) is 10.2. The van der Waals surface area contributed by atoms with Crippen molar-refractivity contribution >= 4 is 17.6 Å². The van der Waals surface area contributed by atoms with Gasteiger partial charge in [0.1, 0.15) is 5.75 Å². The van der Waals surface area contributed by atoms with Crippen LogP contribution < -0.4 is 9.64 Å². The van der Waals surface area contributed by atoms with E-state index < -0.39 is 18.2 Å². The molecule has 0 heterocycles. The van der Waals surface area contributed by atoms with Crippen molar-refractivity contribution in [3.05, 3.63) is 59.7 Å². The number of hydrogen-bond donors (Lipinski definition) is 1. The first kappa shape index (κ1) is 26.7. The molecule has 0 spiro atoms. The number of carboxylic acid groups (broad SMARTS) is 1. The van der Waals surface area contributed by atoms with Crippen molar-refractivity contribution in [2.45, 2.75) is 77.9 Å². The minimum atomic E-state index is -0.971. The van der Waals surface area contributed by atoms with E-state index in [0.29, 0.717) is 18.9 Å². The zero-order chi connectivity index (χ0) is 25.2. The van der Waals surface area contributed by atoms with Crippen molar-refractivity contribution in [1.82, 2.24) is 0 Å². The van der Waals surface area contributed by atoms with Gasteiger partial charge < -0.3 is 19.5 Å². The van der Waals surface area contributed by atoms with Gasteiger partial charge in [-0.15, -0.1) is 0 Å². The molecular weight excluding hydrogens is 442 g/mol. The number of carbonyl (C=O) groups is 2. The summed E-state index contributed by atoms with van der Waals surface area (Å²) in [6, 6.07) is 15.6. The van der Waals surface area contributed by atoms with Crippen molar-refractivity contribution in [2.24, 2.45) is 5.92 Å². The van der Waals surface area contributed by atoms with Gasteiger partial charge in [-0.2, -0.15) is 0 Å². The highest BCUT2D eigenvalue weighted by molar-refractivity contribution is 5.97. The molecule has 2 aromatic rings. The molecule has 2 atom stereocenters. The lowest BCUT2D eigenvalue weighted by molar-refractivity contribution is -0.150. The predicted molar refractivity (Wildman–Crippen MR) is 138 cm³/mol. The second kappa shape index (κ2) is 13.3. The first-order chi connectivity index (χ1) is 17.0. The van der Waals surface area contributed by atoms with Crippen LogP contribution in [0.1, 0.15) is 64.0 Å². The van der Waals surface area contributed by atoms with E-state index in [2.05, 4.69) is 19.1 Å². The molecule has 1 saturated carbocycles. The van der Waals surface area contributed by atoms with Gasteiger partial charge in [0.05, 0.1) is 0 Å². The van der Waals surface area contributed by atoms with E-state index in [1.165, 1.54) is 12.0 Å². The maximum absolute atomic E-state index is 13.8. The summed E-state index contributed by atoms with van der Waals surface area (Å²) < 4.78 is 11.7. The van der Waals surface area contributed by atoms with Gasteiger partial charge in [0.2, 0.25) is 0 Å². The van der Waals surface area contributed by atoms with Crippen molar-refractivity contribution in [3.63, 3.8) is 0 Å². The number of anilines is 1. The number of hydrogen-bond acceptors (Lipinski definition) is 4. The van der Waals surface area contributed by atoms with Crippen LogP contribution in [0.15, 0.2) is 48.5 Å². The SMILES string of the molecule is CCOC(Cc1ccc(OC(C(=O)N(CC)c2ccc(CC)cc2)C2CCCCC2)cc1)C(=O)O. The van der Waals surface area contributed by atoms with Crippen molar-refractivity contribution in [3.8, 4) is 5.75 Å². The lowest BCUT2D eigenvalue weighted by atomic mass is 9.84. The lowest BCUT2D eigenvalue weighted by Gasteiger charge is -2.33. The number of rotatable bonds is 12. The van der Waals surface area contributed by atoms with Gasteiger partial charge in [-0.05, 0) is 68.5 Å².